The molecule has 2 aliphatic heterocycles. The SMILES string of the molecule is NCC1CCn2c(nnc2CC2CCCCO2)C1. The molecule has 3 heterocycles. The van der Waals surface area contributed by atoms with Gasteiger partial charge in [0.25, 0.3) is 0 Å². The Morgan fingerprint density at radius 2 is 2.22 bits per heavy atom. The second-order valence-corrected chi connectivity index (χ2v) is 5.47. The number of hydrogen-bond donors (Lipinski definition) is 1. The first-order chi connectivity index (χ1) is 8.86. The van der Waals surface area contributed by atoms with Gasteiger partial charge < -0.3 is 15.0 Å². The highest BCUT2D eigenvalue weighted by molar-refractivity contribution is 5.02. The van der Waals surface area contributed by atoms with E-state index in [1.807, 2.05) is 0 Å². The molecule has 0 aromatic carbocycles. The van der Waals surface area contributed by atoms with Gasteiger partial charge in [0.2, 0.25) is 0 Å². The molecule has 0 amide bonds. The Morgan fingerprint density at radius 3 is 3.00 bits per heavy atom. The van der Waals surface area contributed by atoms with Crippen LogP contribution in [-0.4, -0.2) is 34.0 Å². The van der Waals surface area contributed by atoms with Crippen molar-refractivity contribution in [2.75, 3.05) is 13.2 Å². The lowest BCUT2D eigenvalue weighted by Crippen LogP contribution is -2.28. The van der Waals surface area contributed by atoms with Gasteiger partial charge in [0, 0.05) is 26.0 Å². The summed E-state index contributed by atoms with van der Waals surface area (Å²) in [4.78, 5) is 0. The maximum Gasteiger partial charge on any atom is 0.135 e. The van der Waals surface area contributed by atoms with Crippen molar-refractivity contribution in [3.8, 4) is 0 Å². The van der Waals surface area contributed by atoms with Gasteiger partial charge in [0.15, 0.2) is 0 Å². The molecule has 100 valence electrons. The molecule has 18 heavy (non-hydrogen) atoms. The number of hydrogen-bond acceptors (Lipinski definition) is 4. The highest BCUT2D eigenvalue weighted by atomic mass is 16.5. The summed E-state index contributed by atoms with van der Waals surface area (Å²) in [6, 6.07) is 0. The van der Waals surface area contributed by atoms with E-state index in [-0.39, 0.29) is 0 Å². The zero-order valence-corrected chi connectivity index (χ0v) is 10.8. The summed E-state index contributed by atoms with van der Waals surface area (Å²) in [7, 11) is 0. The molecule has 1 saturated heterocycles. The molecule has 0 bridgehead atoms. The predicted octanol–water partition coefficient (Wildman–Crippen LogP) is 0.911. The molecule has 3 rings (SSSR count). The Balaban J connectivity index is 1.68. The second-order valence-electron chi connectivity index (χ2n) is 5.47. The summed E-state index contributed by atoms with van der Waals surface area (Å²) in [6.45, 7) is 2.68. The molecule has 1 aromatic rings. The van der Waals surface area contributed by atoms with E-state index in [9.17, 15) is 0 Å². The number of rotatable bonds is 3. The van der Waals surface area contributed by atoms with Gasteiger partial charge in [0.05, 0.1) is 6.10 Å². The van der Waals surface area contributed by atoms with E-state index in [2.05, 4.69) is 14.8 Å². The van der Waals surface area contributed by atoms with Crippen LogP contribution < -0.4 is 5.73 Å². The average molecular weight is 250 g/mol. The van der Waals surface area contributed by atoms with Crippen LogP contribution in [0.15, 0.2) is 0 Å². The lowest BCUT2D eigenvalue weighted by Gasteiger charge is -2.25. The lowest BCUT2D eigenvalue weighted by atomic mass is 9.98. The molecule has 1 fully saturated rings. The molecule has 0 radical (unpaired) electrons. The van der Waals surface area contributed by atoms with Crippen LogP contribution in [0.25, 0.3) is 0 Å². The Bertz CT molecular complexity index is 398. The van der Waals surface area contributed by atoms with Crippen molar-refractivity contribution >= 4 is 0 Å². The highest BCUT2D eigenvalue weighted by Gasteiger charge is 2.24. The van der Waals surface area contributed by atoms with Crippen molar-refractivity contribution in [2.45, 2.75) is 51.2 Å². The summed E-state index contributed by atoms with van der Waals surface area (Å²) in [5.74, 6) is 2.80. The molecular formula is C13H22N4O. The quantitative estimate of drug-likeness (QED) is 0.866. The molecule has 0 saturated carbocycles. The van der Waals surface area contributed by atoms with Crippen LogP contribution in [0.5, 0.6) is 0 Å². The van der Waals surface area contributed by atoms with Gasteiger partial charge in [0.1, 0.15) is 11.6 Å². The van der Waals surface area contributed by atoms with Gasteiger partial charge in [-0.05, 0) is 38.1 Å². The van der Waals surface area contributed by atoms with Crippen LogP contribution in [0.2, 0.25) is 0 Å². The van der Waals surface area contributed by atoms with Crippen molar-refractivity contribution in [3.05, 3.63) is 11.6 Å². The van der Waals surface area contributed by atoms with Crippen molar-refractivity contribution in [3.63, 3.8) is 0 Å². The first-order valence-corrected chi connectivity index (χ1v) is 7.09. The Kier molecular flexibility index (Phi) is 3.61. The Morgan fingerprint density at radius 1 is 1.28 bits per heavy atom. The number of ether oxygens (including phenoxy) is 1. The molecule has 2 atom stereocenters. The van der Waals surface area contributed by atoms with Gasteiger partial charge in [-0.3, -0.25) is 0 Å². The maximum atomic E-state index is 5.78. The monoisotopic (exact) mass is 250 g/mol. The largest absolute Gasteiger partial charge is 0.378 e. The van der Waals surface area contributed by atoms with Gasteiger partial charge in [-0.25, -0.2) is 0 Å². The minimum absolute atomic E-state index is 0.347. The summed E-state index contributed by atoms with van der Waals surface area (Å²) in [5.41, 5.74) is 5.74. The van der Waals surface area contributed by atoms with E-state index >= 15 is 0 Å². The van der Waals surface area contributed by atoms with Crippen LogP contribution in [0, 0.1) is 5.92 Å². The van der Waals surface area contributed by atoms with Crippen molar-refractivity contribution in [2.24, 2.45) is 11.7 Å². The Labute approximate surface area is 108 Å². The van der Waals surface area contributed by atoms with Crippen molar-refractivity contribution in [1.29, 1.82) is 0 Å². The fourth-order valence-electron chi connectivity index (χ4n) is 2.98. The fraction of sp³-hybridized carbons (Fsp3) is 0.846. The number of nitrogens with two attached hydrogens (primary N) is 1. The van der Waals surface area contributed by atoms with Gasteiger partial charge in [-0.2, -0.15) is 0 Å². The zero-order valence-electron chi connectivity index (χ0n) is 10.8. The van der Waals surface area contributed by atoms with Crippen LogP contribution in [0.1, 0.15) is 37.3 Å². The lowest BCUT2D eigenvalue weighted by molar-refractivity contribution is 0.0150. The first-order valence-electron chi connectivity index (χ1n) is 7.09. The normalized spacial score (nSPS) is 28.1. The Hall–Kier alpha value is -0.940. The third-order valence-corrected chi connectivity index (χ3v) is 4.15. The van der Waals surface area contributed by atoms with E-state index in [4.69, 9.17) is 10.5 Å². The van der Waals surface area contributed by atoms with E-state index in [1.54, 1.807) is 0 Å². The second kappa shape index (κ2) is 5.36. The number of aromatic nitrogens is 3. The van der Waals surface area contributed by atoms with E-state index in [1.165, 1.54) is 12.8 Å². The molecule has 2 unspecified atom stereocenters. The number of nitrogens with zero attached hydrogens (tertiary/aromatic N) is 3. The summed E-state index contributed by atoms with van der Waals surface area (Å²) < 4.78 is 8.07. The maximum absolute atomic E-state index is 5.78. The van der Waals surface area contributed by atoms with Gasteiger partial charge in [-0.1, -0.05) is 0 Å². The molecule has 2 aliphatic rings. The summed E-state index contributed by atoms with van der Waals surface area (Å²) in [5, 5.41) is 8.68. The summed E-state index contributed by atoms with van der Waals surface area (Å²) >= 11 is 0. The molecule has 2 N–H and O–H groups in total. The van der Waals surface area contributed by atoms with Gasteiger partial charge in [-0.15, -0.1) is 10.2 Å². The van der Waals surface area contributed by atoms with E-state index in [0.717, 1.165) is 57.0 Å². The van der Waals surface area contributed by atoms with Crippen molar-refractivity contribution < 1.29 is 4.74 Å². The highest BCUT2D eigenvalue weighted by Crippen LogP contribution is 2.22. The zero-order chi connectivity index (χ0) is 12.4. The predicted molar refractivity (Wildman–Crippen MR) is 68.2 cm³/mol. The molecule has 5 heteroatoms. The first kappa shape index (κ1) is 12.1. The molecule has 1 aromatic heterocycles. The minimum atomic E-state index is 0.347. The molecule has 0 aliphatic carbocycles. The average Bonchev–Trinajstić information content (AvgIpc) is 2.82. The molecular weight excluding hydrogens is 228 g/mol. The van der Waals surface area contributed by atoms with E-state index < -0.39 is 0 Å². The topological polar surface area (TPSA) is 66.0 Å². The molecule has 5 nitrogen and oxygen atoms in total. The molecule has 0 spiro atoms. The number of fused-ring (bicyclic) bond motifs is 1. The van der Waals surface area contributed by atoms with Gasteiger partial charge >= 0.3 is 0 Å². The third-order valence-electron chi connectivity index (χ3n) is 4.15. The van der Waals surface area contributed by atoms with E-state index in [0.29, 0.717) is 12.0 Å². The van der Waals surface area contributed by atoms with Crippen LogP contribution in [-0.2, 0) is 24.1 Å². The summed E-state index contributed by atoms with van der Waals surface area (Å²) in [6.07, 6.45) is 7.04. The smallest absolute Gasteiger partial charge is 0.135 e. The van der Waals surface area contributed by atoms with Crippen LogP contribution >= 0.6 is 0 Å². The van der Waals surface area contributed by atoms with Crippen LogP contribution in [0.3, 0.4) is 0 Å². The van der Waals surface area contributed by atoms with Crippen LogP contribution in [0.4, 0.5) is 0 Å². The van der Waals surface area contributed by atoms with Crippen molar-refractivity contribution in [1.82, 2.24) is 14.8 Å². The fourth-order valence-corrected chi connectivity index (χ4v) is 2.98. The third kappa shape index (κ3) is 2.42. The standard InChI is InChI=1S/C13H22N4O/c14-9-10-4-5-17-12(7-10)15-16-13(17)8-11-3-1-2-6-18-11/h10-11H,1-9,14H2. The minimum Gasteiger partial charge on any atom is -0.378 e.